The van der Waals surface area contributed by atoms with Crippen LogP contribution < -0.4 is 0 Å². The van der Waals surface area contributed by atoms with Gasteiger partial charge in [0, 0.05) is 0 Å². The smallest absolute Gasteiger partial charge is 0.342 e. The maximum Gasteiger partial charge on any atom is 0.342 e. The largest absolute Gasteiger partial charge is 0.432 e. The third kappa shape index (κ3) is 2.46. The van der Waals surface area contributed by atoms with Crippen molar-refractivity contribution >= 4 is 5.97 Å². The number of hydrogen-bond acceptors (Lipinski definition) is 2. The van der Waals surface area contributed by atoms with Gasteiger partial charge in [-0.3, -0.25) is 0 Å². The van der Waals surface area contributed by atoms with Crippen LogP contribution in [-0.2, 0) is 4.74 Å². The summed E-state index contributed by atoms with van der Waals surface area (Å²) >= 11 is 0. The Morgan fingerprint density at radius 2 is 1.93 bits per heavy atom. The molecule has 0 aliphatic heterocycles. The average molecular weight is 190 g/mol. The molecule has 0 amide bonds. The van der Waals surface area contributed by atoms with Gasteiger partial charge >= 0.3 is 5.97 Å². The summed E-state index contributed by atoms with van der Waals surface area (Å²) in [6, 6.07) is 7.40. The molecule has 0 fully saturated rings. The first-order chi connectivity index (χ1) is 6.65. The van der Waals surface area contributed by atoms with Gasteiger partial charge in [-0.05, 0) is 23.6 Å². The van der Waals surface area contributed by atoms with Crippen molar-refractivity contribution in [3.63, 3.8) is 0 Å². The van der Waals surface area contributed by atoms with Gasteiger partial charge in [-0.2, -0.15) is 0 Å². The second-order valence-corrected chi connectivity index (χ2v) is 3.35. The van der Waals surface area contributed by atoms with Crippen molar-refractivity contribution in [3.05, 3.63) is 48.2 Å². The molecular weight excluding hydrogens is 176 g/mol. The Labute approximate surface area is 84.2 Å². The van der Waals surface area contributed by atoms with Gasteiger partial charge in [0.1, 0.15) is 0 Å². The molecule has 1 aromatic rings. The van der Waals surface area contributed by atoms with E-state index in [9.17, 15) is 4.79 Å². The summed E-state index contributed by atoms with van der Waals surface area (Å²) in [4.78, 5) is 11.2. The first-order valence-corrected chi connectivity index (χ1v) is 4.57. The average Bonchev–Trinajstić information content (AvgIpc) is 2.18. The van der Waals surface area contributed by atoms with Crippen LogP contribution >= 0.6 is 0 Å². The van der Waals surface area contributed by atoms with E-state index in [1.54, 1.807) is 12.1 Å². The Morgan fingerprint density at radius 1 is 1.36 bits per heavy atom. The van der Waals surface area contributed by atoms with E-state index in [0.29, 0.717) is 11.5 Å². The van der Waals surface area contributed by atoms with Crippen LogP contribution in [0.25, 0.3) is 0 Å². The van der Waals surface area contributed by atoms with Crippen molar-refractivity contribution in [2.75, 3.05) is 0 Å². The van der Waals surface area contributed by atoms with Crippen LogP contribution in [0.2, 0.25) is 0 Å². The van der Waals surface area contributed by atoms with Gasteiger partial charge < -0.3 is 4.74 Å². The molecule has 0 radical (unpaired) electrons. The van der Waals surface area contributed by atoms with Gasteiger partial charge in [-0.25, -0.2) is 4.79 Å². The Hall–Kier alpha value is -1.57. The molecule has 0 aliphatic carbocycles. The standard InChI is InChI=1S/C12H14O2/c1-4-14-12(13)11-7-5-10(6-8-11)9(2)3/h4-9H,1H2,2-3H3. The molecular formula is C12H14O2. The summed E-state index contributed by atoms with van der Waals surface area (Å²) in [5.74, 6) is 0.106. The van der Waals surface area contributed by atoms with E-state index in [1.807, 2.05) is 12.1 Å². The predicted octanol–water partition coefficient (Wildman–Crippen LogP) is 3.11. The van der Waals surface area contributed by atoms with Crippen molar-refractivity contribution in [3.8, 4) is 0 Å². The van der Waals surface area contributed by atoms with Gasteiger partial charge in [-0.1, -0.05) is 32.6 Å². The highest BCUT2D eigenvalue weighted by atomic mass is 16.5. The zero-order valence-electron chi connectivity index (χ0n) is 8.49. The first-order valence-electron chi connectivity index (χ1n) is 4.57. The minimum atomic E-state index is -0.365. The van der Waals surface area contributed by atoms with E-state index in [1.165, 1.54) is 5.56 Å². The van der Waals surface area contributed by atoms with Crippen LogP contribution in [0.3, 0.4) is 0 Å². The fourth-order valence-electron chi connectivity index (χ4n) is 1.15. The molecule has 14 heavy (non-hydrogen) atoms. The summed E-state index contributed by atoms with van der Waals surface area (Å²) in [7, 11) is 0. The maximum absolute atomic E-state index is 11.2. The van der Waals surface area contributed by atoms with Crippen LogP contribution in [0.4, 0.5) is 0 Å². The molecule has 0 aromatic heterocycles. The molecule has 1 aromatic carbocycles. The monoisotopic (exact) mass is 190 g/mol. The molecule has 2 nitrogen and oxygen atoms in total. The number of esters is 1. The molecule has 0 heterocycles. The molecule has 1 rings (SSSR count). The zero-order chi connectivity index (χ0) is 10.6. The number of benzene rings is 1. The number of carbonyl (C=O) groups excluding carboxylic acids is 1. The molecule has 74 valence electrons. The molecule has 0 N–H and O–H groups in total. The summed E-state index contributed by atoms with van der Waals surface area (Å²) < 4.78 is 4.65. The Morgan fingerprint density at radius 3 is 2.36 bits per heavy atom. The lowest BCUT2D eigenvalue weighted by molar-refractivity contribution is 0.0664. The van der Waals surface area contributed by atoms with E-state index in [-0.39, 0.29) is 5.97 Å². The minimum absolute atomic E-state index is 0.365. The second-order valence-electron chi connectivity index (χ2n) is 3.35. The molecule has 0 saturated carbocycles. The quantitative estimate of drug-likeness (QED) is 0.540. The van der Waals surface area contributed by atoms with Crippen molar-refractivity contribution < 1.29 is 9.53 Å². The molecule has 0 unspecified atom stereocenters. The summed E-state index contributed by atoms with van der Waals surface area (Å²) in [6.07, 6.45) is 1.14. The number of hydrogen-bond donors (Lipinski definition) is 0. The zero-order valence-corrected chi connectivity index (χ0v) is 8.49. The molecule has 0 spiro atoms. The predicted molar refractivity (Wildman–Crippen MR) is 56.1 cm³/mol. The van der Waals surface area contributed by atoms with Gasteiger partial charge in [-0.15, -0.1) is 0 Å². The lowest BCUT2D eigenvalue weighted by atomic mass is 10.0. The SMILES string of the molecule is C=COC(=O)c1ccc(C(C)C)cc1. The highest BCUT2D eigenvalue weighted by Crippen LogP contribution is 2.15. The third-order valence-corrected chi connectivity index (χ3v) is 2.00. The van der Waals surface area contributed by atoms with Gasteiger partial charge in [0.15, 0.2) is 0 Å². The first kappa shape index (κ1) is 10.5. The van der Waals surface area contributed by atoms with Crippen LogP contribution in [0, 0.1) is 0 Å². The fourth-order valence-corrected chi connectivity index (χ4v) is 1.15. The van der Waals surface area contributed by atoms with Crippen LogP contribution in [0.15, 0.2) is 37.1 Å². The lowest BCUT2D eigenvalue weighted by Crippen LogP contribution is -2.00. The topological polar surface area (TPSA) is 26.3 Å². The van der Waals surface area contributed by atoms with E-state index < -0.39 is 0 Å². The summed E-state index contributed by atoms with van der Waals surface area (Å²) in [6.45, 7) is 7.55. The molecule has 0 bridgehead atoms. The van der Waals surface area contributed by atoms with Gasteiger partial charge in [0.2, 0.25) is 0 Å². The Balaban J connectivity index is 2.82. The minimum Gasteiger partial charge on any atom is -0.432 e. The lowest BCUT2D eigenvalue weighted by Gasteiger charge is -2.05. The highest BCUT2D eigenvalue weighted by Gasteiger charge is 2.05. The second kappa shape index (κ2) is 4.61. The van der Waals surface area contributed by atoms with E-state index >= 15 is 0 Å². The van der Waals surface area contributed by atoms with E-state index in [0.717, 1.165) is 6.26 Å². The molecule has 0 saturated heterocycles. The number of rotatable bonds is 3. The highest BCUT2D eigenvalue weighted by molar-refractivity contribution is 5.89. The normalized spacial score (nSPS) is 9.93. The van der Waals surface area contributed by atoms with E-state index in [2.05, 4.69) is 25.2 Å². The fraction of sp³-hybridized carbons (Fsp3) is 0.250. The summed E-state index contributed by atoms with van der Waals surface area (Å²) in [5.41, 5.74) is 1.76. The van der Waals surface area contributed by atoms with Crippen molar-refractivity contribution in [1.82, 2.24) is 0 Å². The van der Waals surface area contributed by atoms with E-state index in [4.69, 9.17) is 0 Å². The molecule has 0 aliphatic rings. The third-order valence-electron chi connectivity index (χ3n) is 2.00. The Bertz CT molecular complexity index is 323. The van der Waals surface area contributed by atoms with Crippen molar-refractivity contribution in [1.29, 1.82) is 0 Å². The number of ether oxygens (including phenoxy) is 1. The molecule has 0 atom stereocenters. The van der Waals surface area contributed by atoms with Gasteiger partial charge in [0.05, 0.1) is 11.8 Å². The molecule has 2 heteroatoms. The number of carbonyl (C=O) groups is 1. The summed E-state index contributed by atoms with van der Waals surface area (Å²) in [5, 5.41) is 0. The van der Waals surface area contributed by atoms with Crippen LogP contribution in [-0.4, -0.2) is 5.97 Å². The maximum atomic E-state index is 11.2. The van der Waals surface area contributed by atoms with Gasteiger partial charge in [0.25, 0.3) is 0 Å². The van der Waals surface area contributed by atoms with Crippen molar-refractivity contribution in [2.45, 2.75) is 19.8 Å². The van der Waals surface area contributed by atoms with Crippen molar-refractivity contribution in [2.24, 2.45) is 0 Å². The van der Waals surface area contributed by atoms with Crippen LogP contribution in [0.1, 0.15) is 35.7 Å². The van der Waals surface area contributed by atoms with Crippen LogP contribution in [0.5, 0.6) is 0 Å². The Kier molecular flexibility index (Phi) is 3.46.